The number of rotatable bonds is 2. The van der Waals surface area contributed by atoms with Gasteiger partial charge < -0.3 is 15.6 Å². The second kappa shape index (κ2) is 3.62. The van der Waals surface area contributed by atoms with Crippen molar-refractivity contribution in [1.29, 1.82) is 0 Å². The Morgan fingerprint density at radius 3 is 2.62 bits per heavy atom. The van der Waals surface area contributed by atoms with Crippen LogP contribution >= 0.6 is 0 Å². The molecule has 3 N–H and O–H groups in total. The van der Waals surface area contributed by atoms with Gasteiger partial charge in [-0.3, -0.25) is 0 Å². The van der Waals surface area contributed by atoms with Crippen LogP contribution in [0.15, 0.2) is 12.1 Å². The van der Waals surface area contributed by atoms with Crippen molar-refractivity contribution in [2.24, 2.45) is 5.73 Å². The molecule has 1 aromatic carbocycles. The zero-order chi connectivity index (χ0) is 10.0. The zero-order valence-electron chi connectivity index (χ0n) is 7.54. The second-order valence-electron chi connectivity index (χ2n) is 2.83. The smallest absolute Gasteiger partial charge is 0.168 e. The van der Waals surface area contributed by atoms with Gasteiger partial charge in [-0.1, -0.05) is 0 Å². The van der Waals surface area contributed by atoms with Gasteiger partial charge in [0.15, 0.2) is 11.6 Å². The molecule has 0 spiro atoms. The van der Waals surface area contributed by atoms with E-state index in [1.54, 1.807) is 6.92 Å². The van der Waals surface area contributed by atoms with Crippen LogP contribution in [-0.2, 0) is 0 Å². The van der Waals surface area contributed by atoms with Crippen molar-refractivity contribution >= 4 is 0 Å². The third-order valence-corrected chi connectivity index (χ3v) is 1.79. The molecule has 0 fully saturated rings. The van der Waals surface area contributed by atoms with Gasteiger partial charge in [0.2, 0.25) is 0 Å². The Labute approximate surface area is 75.9 Å². The molecule has 4 heteroatoms. The standard InChI is InChI=1S/C9H12FNO2/c1-5(11)6-3-8(12)7(10)4-9(6)13-2/h3-5,12H,11H2,1-2H3. The van der Waals surface area contributed by atoms with E-state index in [2.05, 4.69) is 0 Å². The molecular weight excluding hydrogens is 173 g/mol. The molecule has 0 heterocycles. The maximum atomic E-state index is 12.8. The van der Waals surface area contributed by atoms with E-state index in [9.17, 15) is 4.39 Å². The van der Waals surface area contributed by atoms with E-state index in [1.165, 1.54) is 13.2 Å². The highest BCUT2D eigenvalue weighted by atomic mass is 19.1. The highest BCUT2D eigenvalue weighted by Gasteiger charge is 2.12. The van der Waals surface area contributed by atoms with Crippen LogP contribution in [0.25, 0.3) is 0 Å². The van der Waals surface area contributed by atoms with Crippen LogP contribution in [0.1, 0.15) is 18.5 Å². The predicted octanol–water partition coefficient (Wildman–Crippen LogP) is 1.56. The van der Waals surface area contributed by atoms with Gasteiger partial charge in [-0.05, 0) is 13.0 Å². The van der Waals surface area contributed by atoms with E-state index < -0.39 is 11.6 Å². The molecule has 72 valence electrons. The first-order chi connectivity index (χ1) is 6.06. The second-order valence-corrected chi connectivity index (χ2v) is 2.83. The number of ether oxygens (including phenoxy) is 1. The molecule has 1 aromatic rings. The Morgan fingerprint density at radius 2 is 2.15 bits per heavy atom. The van der Waals surface area contributed by atoms with Gasteiger partial charge in [-0.25, -0.2) is 4.39 Å². The molecule has 0 bridgehead atoms. The normalized spacial score (nSPS) is 12.6. The third-order valence-electron chi connectivity index (χ3n) is 1.79. The SMILES string of the molecule is COc1cc(F)c(O)cc1C(C)N. The fraction of sp³-hybridized carbons (Fsp3) is 0.333. The van der Waals surface area contributed by atoms with Gasteiger partial charge in [-0.2, -0.15) is 0 Å². The molecule has 3 nitrogen and oxygen atoms in total. The number of methoxy groups -OCH3 is 1. The van der Waals surface area contributed by atoms with E-state index >= 15 is 0 Å². The van der Waals surface area contributed by atoms with Crippen LogP contribution < -0.4 is 10.5 Å². The summed E-state index contributed by atoms with van der Waals surface area (Å²) in [4.78, 5) is 0. The maximum absolute atomic E-state index is 12.8. The molecule has 13 heavy (non-hydrogen) atoms. The summed E-state index contributed by atoms with van der Waals surface area (Å²) in [6.07, 6.45) is 0. The fourth-order valence-corrected chi connectivity index (χ4v) is 1.09. The average molecular weight is 185 g/mol. The van der Waals surface area contributed by atoms with Crippen molar-refractivity contribution in [2.45, 2.75) is 13.0 Å². The zero-order valence-corrected chi connectivity index (χ0v) is 7.54. The minimum absolute atomic E-state index is 0.304. The van der Waals surface area contributed by atoms with Crippen molar-refractivity contribution in [3.05, 3.63) is 23.5 Å². The number of aromatic hydroxyl groups is 1. The minimum Gasteiger partial charge on any atom is -0.505 e. The number of benzene rings is 1. The van der Waals surface area contributed by atoms with Crippen LogP contribution in [0.5, 0.6) is 11.5 Å². The molecule has 0 radical (unpaired) electrons. The minimum atomic E-state index is -0.707. The molecule has 0 amide bonds. The van der Waals surface area contributed by atoms with Crippen LogP contribution in [0.2, 0.25) is 0 Å². The Morgan fingerprint density at radius 1 is 1.54 bits per heavy atom. The van der Waals surface area contributed by atoms with Gasteiger partial charge in [0, 0.05) is 17.7 Å². The molecule has 0 aliphatic heterocycles. The maximum Gasteiger partial charge on any atom is 0.168 e. The van der Waals surface area contributed by atoms with Crippen LogP contribution in [-0.4, -0.2) is 12.2 Å². The Bertz CT molecular complexity index is 313. The van der Waals surface area contributed by atoms with Gasteiger partial charge >= 0.3 is 0 Å². The predicted molar refractivity (Wildman–Crippen MR) is 47.2 cm³/mol. The first-order valence-electron chi connectivity index (χ1n) is 3.88. The molecule has 0 aliphatic rings. The summed E-state index contributed by atoms with van der Waals surface area (Å²) in [7, 11) is 1.43. The van der Waals surface area contributed by atoms with Gasteiger partial charge in [0.05, 0.1) is 7.11 Å². The van der Waals surface area contributed by atoms with Crippen molar-refractivity contribution < 1.29 is 14.2 Å². The molecule has 1 atom stereocenters. The monoisotopic (exact) mass is 185 g/mol. The summed E-state index contributed by atoms with van der Waals surface area (Å²) in [5.74, 6) is -0.764. The van der Waals surface area contributed by atoms with Crippen LogP contribution in [0.3, 0.4) is 0 Å². The Hall–Kier alpha value is -1.29. The summed E-state index contributed by atoms with van der Waals surface area (Å²) < 4.78 is 17.8. The Kier molecular flexibility index (Phi) is 2.72. The van der Waals surface area contributed by atoms with Gasteiger partial charge in [0.25, 0.3) is 0 Å². The van der Waals surface area contributed by atoms with Gasteiger partial charge in [-0.15, -0.1) is 0 Å². The molecule has 0 saturated heterocycles. The number of phenols is 1. The van der Waals surface area contributed by atoms with Crippen LogP contribution in [0, 0.1) is 5.82 Å². The average Bonchev–Trinajstić information content (AvgIpc) is 2.08. The summed E-state index contributed by atoms with van der Waals surface area (Å²) in [6, 6.07) is 2.09. The number of halogens is 1. The number of phenolic OH excluding ortho intramolecular Hbond substituents is 1. The van der Waals surface area contributed by atoms with Crippen LogP contribution in [0.4, 0.5) is 4.39 Å². The summed E-state index contributed by atoms with van der Waals surface area (Å²) in [5, 5.41) is 9.08. The van der Waals surface area contributed by atoms with Gasteiger partial charge in [0.1, 0.15) is 5.75 Å². The molecular formula is C9H12FNO2. The van der Waals surface area contributed by atoms with E-state index in [0.29, 0.717) is 11.3 Å². The van der Waals surface area contributed by atoms with E-state index in [4.69, 9.17) is 15.6 Å². The lowest BCUT2D eigenvalue weighted by molar-refractivity contribution is 0.391. The van der Waals surface area contributed by atoms with Crippen molar-refractivity contribution in [2.75, 3.05) is 7.11 Å². The Balaban J connectivity index is 3.25. The number of hydrogen-bond donors (Lipinski definition) is 2. The third kappa shape index (κ3) is 1.89. The number of nitrogens with two attached hydrogens (primary N) is 1. The lowest BCUT2D eigenvalue weighted by Gasteiger charge is -2.12. The quantitative estimate of drug-likeness (QED) is 0.735. The summed E-state index contributed by atoms with van der Waals surface area (Å²) in [5.41, 5.74) is 6.18. The summed E-state index contributed by atoms with van der Waals surface area (Å²) >= 11 is 0. The topological polar surface area (TPSA) is 55.5 Å². The summed E-state index contributed by atoms with van der Waals surface area (Å²) in [6.45, 7) is 1.73. The van der Waals surface area contributed by atoms with E-state index in [-0.39, 0.29) is 6.04 Å². The molecule has 0 saturated carbocycles. The highest BCUT2D eigenvalue weighted by molar-refractivity contribution is 5.42. The number of hydrogen-bond acceptors (Lipinski definition) is 3. The molecule has 1 unspecified atom stereocenters. The molecule has 0 aliphatic carbocycles. The van der Waals surface area contributed by atoms with E-state index in [0.717, 1.165) is 6.07 Å². The highest BCUT2D eigenvalue weighted by Crippen LogP contribution is 2.29. The lowest BCUT2D eigenvalue weighted by Crippen LogP contribution is -2.07. The molecule has 0 aromatic heterocycles. The lowest BCUT2D eigenvalue weighted by atomic mass is 10.1. The van der Waals surface area contributed by atoms with Crippen molar-refractivity contribution in [1.82, 2.24) is 0 Å². The van der Waals surface area contributed by atoms with Crippen molar-refractivity contribution in [3.8, 4) is 11.5 Å². The molecule has 1 rings (SSSR count). The van der Waals surface area contributed by atoms with E-state index in [1.807, 2.05) is 0 Å². The largest absolute Gasteiger partial charge is 0.505 e. The first kappa shape index (κ1) is 9.80. The van der Waals surface area contributed by atoms with Crippen molar-refractivity contribution in [3.63, 3.8) is 0 Å². The first-order valence-corrected chi connectivity index (χ1v) is 3.88. The fourth-order valence-electron chi connectivity index (χ4n) is 1.09.